The average Bonchev–Trinajstić information content (AvgIpc) is 2.32. The number of rotatable bonds is 4. The van der Waals surface area contributed by atoms with Crippen LogP contribution in [0.2, 0.25) is 0 Å². The van der Waals surface area contributed by atoms with Crippen LogP contribution < -0.4 is 6.99 Å². The van der Waals surface area contributed by atoms with Crippen LogP contribution in [-0.2, 0) is 49.8 Å². The van der Waals surface area contributed by atoms with E-state index in [2.05, 4.69) is 61.5 Å². The molecule has 2 aromatic rings. The Labute approximate surface area is 116 Å². The zero-order chi connectivity index (χ0) is 10.3. The first kappa shape index (κ1) is 11.7. The summed E-state index contributed by atoms with van der Waals surface area (Å²) in [6.45, 7) is 0. The predicted molar refractivity (Wildman–Crippen MR) is 55.3 cm³/mol. The van der Waals surface area contributed by atoms with Crippen molar-refractivity contribution < 1.29 is 49.8 Å². The Morgan fingerprint density at radius 3 is 1.40 bits per heavy atom. The van der Waals surface area contributed by atoms with Crippen molar-refractivity contribution in [3.8, 4) is 0 Å². The van der Waals surface area contributed by atoms with Crippen LogP contribution in [0.15, 0.2) is 60.7 Å². The minimum atomic E-state index is -0.945. The van der Waals surface area contributed by atoms with E-state index in [4.69, 9.17) is 0 Å². The van der Waals surface area contributed by atoms with Gasteiger partial charge < -0.3 is 0 Å². The number of benzene rings is 2. The van der Waals surface area contributed by atoms with E-state index in [0.29, 0.717) is 0 Å². The van der Waals surface area contributed by atoms with Gasteiger partial charge in [0.05, 0.1) is 0 Å². The molecule has 2 aromatic carbocycles. The van der Waals surface area contributed by atoms with Gasteiger partial charge in [-0.1, -0.05) is 0 Å². The summed E-state index contributed by atoms with van der Waals surface area (Å²) in [5, 5.41) is 0. The van der Waals surface area contributed by atoms with Crippen LogP contribution in [0, 0.1) is 0 Å². The molecule has 0 aliphatic rings. The summed E-state index contributed by atoms with van der Waals surface area (Å²) < 4.78 is 7.07. The molecule has 0 atom stereocenters. The summed E-state index contributed by atoms with van der Waals surface area (Å²) in [4.78, 5) is 0. The van der Waals surface area contributed by atoms with Gasteiger partial charge in [-0.25, -0.2) is 0 Å². The van der Waals surface area contributed by atoms with Crippen LogP contribution in [0.1, 0.15) is 0 Å². The molecular formula is C12H11Hg2N. The van der Waals surface area contributed by atoms with Gasteiger partial charge in [-0.15, -0.1) is 0 Å². The van der Waals surface area contributed by atoms with E-state index in [9.17, 15) is 0 Å². The average molecular weight is 570 g/mol. The van der Waals surface area contributed by atoms with E-state index >= 15 is 0 Å². The monoisotopic (exact) mass is 573 g/mol. The molecular weight excluding hydrogens is 559 g/mol. The topological polar surface area (TPSA) is 12.0 Å². The Morgan fingerprint density at radius 2 is 1.00 bits per heavy atom. The van der Waals surface area contributed by atoms with E-state index in [1.165, 1.54) is 0 Å². The summed E-state index contributed by atoms with van der Waals surface area (Å²) >= 11 is -1.89. The Hall–Kier alpha value is 0.270. The summed E-state index contributed by atoms with van der Waals surface area (Å²) in [6, 6.07) is 21.9. The molecule has 0 amide bonds. The zero-order valence-corrected chi connectivity index (χ0v) is 19.7. The first-order valence-corrected chi connectivity index (χ1v) is 16.2. The molecule has 1 nitrogen and oxygen atoms in total. The number of hydrogen-bond acceptors (Lipinski definition) is 1. The second-order valence-electron chi connectivity index (χ2n) is 3.57. The van der Waals surface area contributed by atoms with Gasteiger partial charge in [0.2, 0.25) is 0 Å². The number of hydrogen-bond donors (Lipinski definition) is 1. The second-order valence-corrected chi connectivity index (χ2v) is 31.7. The van der Waals surface area contributed by atoms with Gasteiger partial charge in [-0.05, 0) is 0 Å². The Bertz CT molecular complexity index is 349. The van der Waals surface area contributed by atoms with Gasteiger partial charge in [-0.3, -0.25) is 0 Å². The van der Waals surface area contributed by atoms with Crippen LogP contribution in [0.5, 0.6) is 0 Å². The van der Waals surface area contributed by atoms with E-state index < -0.39 is 49.8 Å². The molecule has 0 aromatic heterocycles. The summed E-state index contributed by atoms with van der Waals surface area (Å²) in [5.41, 5.74) is 0. The van der Waals surface area contributed by atoms with Gasteiger partial charge in [0.15, 0.2) is 0 Å². The van der Waals surface area contributed by atoms with Crippen molar-refractivity contribution in [2.45, 2.75) is 0 Å². The number of nitrogens with one attached hydrogen (secondary N) is 1. The molecule has 68 valence electrons. The third kappa shape index (κ3) is 4.33. The summed E-state index contributed by atoms with van der Waals surface area (Å²) in [6.07, 6.45) is 0. The van der Waals surface area contributed by atoms with Crippen molar-refractivity contribution in [2.75, 3.05) is 0 Å². The maximum absolute atomic E-state index is 3.86. The van der Waals surface area contributed by atoms with Crippen LogP contribution in [-0.4, -0.2) is 0 Å². The van der Waals surface area contributed by atoms with Crippen molar-refractivity contribution in [3.05, 3.63) is 60.7 Å². The van der Waals surface area contributed by atoms with Crippen molar-refractivity contribution in [3.63, 3.8) is 0 Å². The molecule has 0 heterocycles. The van der Waals surface area contributed by atoms with Gasteiger partial charge in [-0.2, -0.15) is 0 Å². The molecule has 0 radical (unpaired) electrons. The molecule has 0 saturated heterocycles. The first-order chi connectivity index (χ1) is 7.45. The fourth-order valence-electron chi connectivity index (χ4n) is 1.54. The SMILES string of the molecule is c1cc[c]([Hg][NH][Hg][c]2ccccc2)cc1. The van der Waals surface area contributed by atoms with Crippen LogP contribution in [0.3, 0.4) is 0 Å². The van der Waals surface area contributed by atoms with Gasteiger partial charge in [0.25, 0.3) is 0 Å². The second kappa shape index (κ2) is 6.77. The molecule has 0 aliphatic carbocycles. The molecule has 15 heavy (non-hydrogen) atoms. The minimum absolute atomic E-state index is 0.945. The van der Waals surface area contributed by atoms with Crippen molar-refractivity contribution in [1.82, 2.24) is 0.845 Å². The Balaban J connectivity index is 1.81. The van der Waals surface area contributed by atoms with Gasteiger partial charge in [0.1, 0.15) is 0 Å². The molecule has 1 N–H and O–H groups in total. The fourth-order valence-corrected chi connectivity index (χ4v) is 32.2. The normalized spacial score (nSPS) is 9.07. The van der Waals surface area contributed by atoms with E-state index in [-0.39, 0.29) is 0 Å². The van der Waals surface area contributed by atoms with Crippen molar-refractivity contribution in [2.24, 2.45) is 0 Å². The van der Waals surface area contributed by atoms with Crippen LogP contribution in [0.25, 0.3) is 0 Å². The molecule has 0 unspecified atom stereocenters. The molecule has 0 fully saturated rings. The quantitative estimate of drug-likeness (QED) is 0.546. The van der Waals surface area contributed by atoms with E-state index in [0.717, 1.165) is 0 Å². The van der Waals surface area contributed by atoms with Crippen molar-refractivity contribution >= 4 is 6.14 Å². The Morgan fingerprint density at radius 1 is 0.600 bits per heavy atom. The van der Waals surface area contributed by atoms with Gasteiger partial charge in [0, 0.05) is 0 Å². The third-order valence-corrected chi connectivity index (χ3v) is 28.2. The van der Waals surface area contributed by atoms with Crippen LogP contribution in [0.4, 0.5) is 0 Å². The van der Waals surface area contributed by atoms with Gasteiger partial charge >= 0.3 is 117 Å². The van der Waals surface area contributed by atoms with E-state index in [1.807, 2.05) is 0 Å². The maximum atomic E-state index is 3.86. The summed E-state index contributed by atoms with van der Waals surface area (Å²) in [5.74, 6) is 0. The molecule has 0 aliphatic heterocycles. The van der Waals surface area contributed by atoms with Crippen LogP contribution >= 0.6 is 0 Å². The molecule has 2 rings (SSSR count). The molecule has 0 spiro atoms. The zero-order valence-electron chi connectivity index (χ0n) is 8.69. The van der Waals surface area contributed by atoms with E-state index in [1.54, 1.807) is 6.14 Å². The van der Waals surface area contributed by atoms with Crippen molar-refractivity contribution in [1.29, 1.82) is 0 Å². The Kier molecular flexibility index (Phi) is 5.30. The fraction of sp³-hybridized carbons (Fsp3) is 0. The first-order valence-electron chi connectivity index (χ1n) is 5.24. The molecule has 0 bridgehead atoms. The standard InChI is InChI=1S/2C6H5.2Hg.HN/c2*1-2-4-6-5-3-1;;;/h2*1-5H;;;1H. The predicted octanol–water partition coefficient (Wildman–Crippen LogP) is 1.22. The summed E-state index contributed by atoms with van der Waals surface area (Å²) in [7, 11) is 0. The molecule has 0 saturated carbocycles. The third-order valence-electron chi connectivity index (χ3n) is 2.34. The molecule has 3 heteroatoms.